The molecular formula is C29H30Cl2N4O2. The fourth-order valence-corrected chi connectivity index (χ4v) is 5.30. The van der Waals surface area contributed by atoms with Crippen molar-refractivity contribution >= 4 is 46.3 Å². The van der Waals surface area contributed by atoms with E-state index in [1.807, 2.05) is 31.2 Å². The summed E-state index contributed by atoms with van der Waals surface area (Å²) in [6.45, 7) is 7.84. The number of benzene rings is 2. The number of fused-ring (bicyclic) bond motifs is 1. The Hall–Kier alpha value is -2.90. The van der Waals surface area contributed by atoms with Gasteiger partial charge in [-0.25, -0.2) is 0 Å². The Bertz CT molecular complexity index is 1370. The van der Waals surface area contributed by atoms with Crippen LogP contribution in [0, 0.1) is 0 Å². The molecule has 0 radical (unpaired) electrons. The summed E-state index contributed by atoms with van der Waals surface area (Å²) in [7, 11) is 0. The van der Waals surface area contributed by atoms with Crippen LogP contribution in [0.3, 0.4) is 0 Å². The average Bonchev–Trinajstić information content (AvgIpc) is 3.30. The summed E-state index contributed by atoms with van der Waals surface area (Å²) < 4.78 is 12.0. The number of nitrogens with zero attached hydrogens (tertiary/aromatic N) is 3. The molecule has 4 aromatic rings. The molecule has 8 heteroatoms. The van der Waals surface area contributed by atoms with Crippen LogP contribution in [-0.4, -0.2) is 45.9 Å². The molecule has 1 aliphatic heterocycles. The molecule has 2 aromatic carbocycles. The largest absolute Gasteiger partial charge is 0.486 e. The van der Waals surface area contributed by atoms with E-state index in [0.717, 1.165) is 54.8 Å². The first-order valence-corrected chi connectivity index (χ1v) is 13.3. The van der Waals surface area contributed by atoms with Crippen molar-refractivity contribution in [3.05, 3.63) is 87.3 Å². The van der Waals surface area contributed by atoms with Gasteiger partial charge >= 0.3 is 0 Å². The Morgan fingerprint density at radius 1 is 1.14 bits per heavy atom. The summed E-state index contributed by atoms with van der Waals surface area (Å²) in [5.41, 5.74) is 4.93. The smallest absolute Gasteiger partial charge is 0.124 e. The molecule has 1 N–H and O–H groups in total. The van der Waals surface area contributed by atoms with E-state index < -0.39 is 0 Å². The van der Waals surface area contributed by atoms with E-state index in [2.05, 4.69) is 57.3 Å². The van der Waals surface area contributed by atoms with Crippen molar-refractivity contribution in [2.24, 2.45) is 0 Å². The molecule has 37 heavy (non-hydrogen) atoms. The van der Waals surface area contributed by atoms with Gasteiger partial charge in [0, 0.05) is 43.0 Å². The van der Waals surface area contributed by atoms with Gasteiger partial charge in [0.15, 0.2) is 0 Å². The Morgan fingerprint density at radius 2 is 1.92 bits per heavy atom. The van der Waals surface area contributed by atoms with Gasteiger partial charge in [-0.05, 0) is 48.7 Å². The molecule has 0 amide bonds. The number of hydrogen-bond acceptors (Lipinski definition) is 5. The van der Waals surface area contributed by atoms with Crippen LogP contribution < -0.4 is 4.74 Å². The molecule has 2 aromatic heterocycles. The van der Waals surface area contributed by atoms with Gasteiger partial charge in [-0.1, -0.05) is 60.5 Å². The quantitative estimate of drug-likeness (QED) is 0.258. The fraction of sp³-hybridized carbons (Fsp3) is 0.310. The molecule has 192 valence electrons. The zero-order chi connectivity index (χ0) is 25.8. The molecule has 1 fully saturated rings. The molecule has 0 aliphatic carbocycles. The first kappa shape index (κ1) is 25.7. The minimum Gasteiger partial charge on any atom is -0.486 e. The Balaban J connectivity index is 1.27. The molecule has 0 saturated carbocycles. The lowest BCUT2D eigenvalue weighted by atomic mass is 10.1. The number of ether oxygens (including phenoxy) is 2. The molecule has 3 heterocycles. The number of H-pyrrole nitrogens is 1. The van der Waals surface area contributed by atoms with Crippen molar-refractivity contribution in [2.75, 3.05) is 19.7 Å². The van der Waals surface area contributed by atoms with Gasteiger partial charge in [0.2, 0.25) is 0 Å². The van der Waals surface area contributed by atoms with E-state index in [1.165, 1.54) is 5.56 Å². The van der Waals surface area contributed by atoms with Gasteiger partial charge < -0.3 is 9.47 Å². The maximum atomic E-state index is 6.30. The maximum Gasteiger partial charge on any atom is 0.124 e. The Morgan fingerprint density at radius 3 is 2.68 bits per heavy atom. The summed E-state index contributed by atoms with van der Waals surface area (Å²) in [5.74, 6) is 0.706. The average molecular weight is 537 g/mol. The lowest BCUT2D eigenvalue weighted by Gasteiger charge is -2.32. The highest BCUT2D eigenvalue weighted by Gasteiger charge is 2.19. The van der Waals surface area contributed by atoms with Crippen LogP contribution in [0.2, 0.25) is 10.0 Å². The zero-order valence-corrected chi connectivity index (χ0v) is 22.5. The zero-order valence-electron chi connectivity index (χ0n) is 21.0. The maximum absolute atomic E-state index is 6.30. The van der Waals surface area contributed by atoms with E-state index in [4.69, 9.17) is 32.7 Å². The lowest BCUT2D eigenvalue weighted by Crippen LogP contribution is -2.41. The van der Waals surface area contributed by atoms with Crippen molar-refractivity contribution in [3.63, 3.8) is 0 Å². The van der Waals surface area contributed by atoms with Crippen LogP contribution in [-0.2, 0) is 11.3 Å². The van der Waals surface area contributed by atoms with Crippen LogP contribution in [0.15, 0.2) is 54.9 Å². The molecule has 2 unspecified atom stereocenters. The predicted molar refractivity (Wildman–Crippen MR) is 150 cm³/mol. The van der Waals surface area contributed by atoms with Crippen LogP contribution in [0.1, 0.15) is 48.8 Å². The SMILES string of the molecule is CCC1CN(Cc2ccc(/C=C/c3n[nH]c4ccc(OC(C)c5c(Cl)cncc5Cl)cc34)cc2)CCO1. The van der Waals surface area contributed by atoms with E-state index in [1.54, 1.807) is 12.4 Å². The summed E-state index contributed by atoms with van der Waals surface area (Å²) in [5, 5.41) is 9.52. The van der Waals surface area contributed by atoms with Gasteiger partial charge in [0.1, 0.15) is 11.9 Å². The number of hydrogen-bond donors (Lipinski definition) is 1. The Kier molecular flexibility index (Phi) is 8.11. The van der Waals surface area contributed by atoms with Crippen molar-refractivity contribution < 1.29 is 9.47 Å². The van der Waals surface area contributed by atoms with E-state index in [9.17, 15) is 0 Å². The second-order valence-corrected chi connectivity index (χ2v) is 10.1. The van der Waals surface area contributed by atoms with Crippen molar-refractivity contribution in [1.29, 1.82) is 0 Å². The number of nitrogens with one attached hydrogen (secondary N) is 1. The third-order valence-corrected chi connectivity index (χ3v) is 7.27. The minimum atomic E-state index is -0.338. The molecule has 1 aliphatic rings. The summed E-state index contributed by atoms with van der Waals surface area (Å²) in [4.78, 5) is 6.48. The predicted octanol–water partition coefficient (Wildman–Crippen LogP) is 7.19. The second-order valence-electron chi connectivity index (χ2n) is 9.30. The molecule has 0 spiro atoms. The standard InChI is InChI=1S/C29H30Cl2N4O2/c1-3-22-18-35(12-13-36-22)17-21-6-4-20(5-7-21)8-10-27-24-14-23(9-11-28(24)34-33-27)37-19(2)29-25(30)15-32-16-26(29)31/h4-11,14-16,19,22H,3,12-13,17-18H2,1-2H3,(H,33,34)/b10-8+. The Labute approximate surface area is 227 Å². The number of pyridine rings is 1. The molecular weight excluding hydrogens is 507 g/mol. The van der Waals surface area contributed by atoms with Gasteiger partial charge in [-0.2, -0.15) is 5.10 Å². The summed E-state index contributed by atoms with van der Waals surface area (Å²) in [6.07, 6.45) is 8.31. The van der Waals surface area contributed by atoms with Gasteiger partial charge in [-0.15, -0.1) is 0 Å². The highest BCUT2D eigenvalue weighted by atomic mass is 35.5. The molecule has 2 atom stereocenters. The van der Waals surface area contributed by atoms with Crippen LogP contribution >= 0.6 is 23.2 Å². The van der Waals surface area contributed by atoms with Crippen molar-refractivity contribution in [1.82, 2.24) is 20.1 Å². The number of rotatable bonds is 8. The van der Waals surface area contributed by atoms with Crippen LogP contribution in [0.25, 0.3) is 23.1 Å². The third-order valence-electron chi connectivity index (χ3n) is 6.67. The topological polar surface area (TPSA) is 63.3 Å². The fourth-order valence-electron chi connectivity index (χ4n) is 4.63. The van der Waals surface area contributed by atoms with Gasteiger partial charge in [0.05, 0.1) is 34.0 Å². The second kappa shape index (κ2) is 11.7. The number of aromatic nitrogens is 3. The molecule has 1 saturated heterocycles. The van der Waals surface area contributed by atoms with Crippen molar-refractivity contribution in [3.8, 4) is 5.75 Å². The van der Waals surface area contributed by atoms with Gasteiger partial charge in [-0.3, -0.25) is 15.0 Å². The molecule has 6 nitrogen and oxygen atoms in total. The van der Waals surface area contributed by atoms with Crippen molar-refractivity contribution in [2.45, 2.75) is 39.0 Å². The summed E-state index contributed by atoms with van der Waals surface area (Å²) in [6, 6.07) is 14.5. The first-order valence-electron chi connectivity index (χ1n) is 12.5. The highest BCUT2D eigenvalue weighted by molar-refractivity contribution is 6.35. The number of aromatic amines is 1. The van der Waals surface area contributed by atoms with E-state index >= 15 is 0 Å². The normalized spacial score (nSPS) is 17.5. The van der Waals surface area contributed by atoms with Gasteiger partial charge in [0.25, 0.3) is 0 Å². The first-order chi connectivity index (χ1) is 18.0. The number of morpholine rings is 1. The van der Waals surface area contributed by atoms with E-state index in [0.29, 0.717) is 27.5 Å². The highest BCUT2D eigenvalue weighted by Crippen LogP contribution is 2.33. The number of halogens is 2. The molecule has 0 bridgehead atoms. The lowest BCUT2D eigenvalue weighted by molar-refractivity contribution is -0.0324. The monoisotopic (exact) mass is 536 g/mol. The summed E-state index contributed by atoms with van der Waals surface area (Å²) >= 11 is 12.6. The van der Waals surface area contributed by atoms with Crippen LogP contribution in [0.5, 0.6) is 5.75 Å². The van der Waals surface area contributed by atoms with Crippen LogP contribution in [0.4, 0.5) is 0 Å². The minimum absolute atomic E-state index is 0.338. The van der Waals surface area contributed by atoms with E-state index in [-0.39, 0.29) is 6.10 Å². The third kappa shape index (κ3) is 6.16. The molecule has 5 rings (SSSR count).